The first-order valence-electron chi connectivity index (χ1n) is 11.4. The summed E-state index contributed by atoms with van der Waals surface area (Å²) >= 11 is 0. The molecule has 0 aromatic carbocycles. The molecule has 2 aliphatic carbocycles. The molecule has 1 heterocycles. The zero-order chi connectivity index (χ0) is 20.2. The Kier molecular flexibility index (Phi) is 10.6. The van der Waals surface area contributed by atoms with Crippen LogP contribution >= 0.6 is 0 Å². The highest BCUT2D eigenvalue weighted by Crippen LogP contribution is 2.42. The fourth-order valence-corrected chi connectivity index (χ4v) is 5.49. The molecule has 3 N–H and O–H groups in total. The maximum absolute atomic E-state index is 9.55. The molecular formula is C23H39NO4. The summed E-state index contributed by atoms with van der Waals surface area (Å²) < 4.78 is 0. The van der Waals surface area contributed by atoms with Crippen LogP contribution in [0.4, 0.5) is 0 Å². The molecular weight excluding hydrogens is 354 g/mol. The summed E-state index contributed by atoms with van der Waals surface area (Å²) in [7, 11) is 0. The van der Waals surface area contributed by atoms with Crippen LogP contribution in [0.1, 0.15) is 89.9 Å². The summed E-state index contributed by atoms with van der Waals surface area (Å²) in [6.07, 6.45) is 22.3. The van der Waals surface area contributed by atoms with Crippen molar-refractivity contribution >= 4 is 11.9 Å². The van der Waals surface area contributed by atoms with Gasteiger partial charge in [-0.25, -0.2) is 9.59 Å². The second-order valence-corrected chi connectivity index (χ2v) is 8.85. The van der Waals surface area contributed by atoms with Crippen molar-refractivity contribution in [2.45, 2.75) is 95.9 Å². The first kappa shape index (κ1) is 22.9. The Morgan fingerprint density at radius 3 is 1.61 bits per heavy atom. The molecule has 3 fully saturated rings. The average Bonchev–Trinajstić information content (AvgIpc) is 2.73. The minimum atomic E-state index is -1.26. The molecule has 0 aromatic rings. The van der Waals surface area contributed by atoms with Crippen molar-refractivity contribution < 1.29 is 19.8 Å². The first-order valence-corrected chi connectivity index (χ1v) is 11.4. The van der Waals surface area contributed by atoms with E-state index in [1.165, 1.54) is 70.8 Å². The molecule has 3 rings (SSSR count). The smallest absolute Gasteiger partial charge is 0.328 e. The molecule has 1 unspecified atom stereocenters. The summed E-state index contributed by atoms with van der Waals surface area (Å²) in [4.78, 5) is 19.1. The molecule has 3 aliphatic rings. The Balaban J connectivity index is 0.000000300. The number of carbonyl (C=O) groups is 2. The van der Waals surface area contributed by atoms with Crippen LogP contribution in [0.2, 0.25) is 0 Å². The lowest BCUT2D eigenvalue weighted by molar-refractivity contribution is -0.134. The Labute approximate surface area is 170 Å². The molecule has 5 heteroatoms. The number of rotatable bonds is 6. The van der Waals surface area contributed by atoms with Crippen LogP contribution in [-0.4, -0.2) is 34.7 Å². The quantitative estimate of drug-likeness (QED) is 0.552. The van der Waals surface area contributed by atoms with Crippen LogP contribution in [0.25, 0.3) is 0 Å². The van der Waals surface area contributed by atoms with Gasteiger partial charge in [0.15, 0.2) is 0 Å². The minimum absolute atomic E-state index is 0.558. The van der Waals surface area contributed by atoms with E-state index in [2.05, 4.69) is 5.32 Å². The summed E-state index contributed by atoms with van der Waals surface area (Å²) in [5.41, 5.74) is 0. The van der Waals surface area contributed by atoms with Crippen LogP contribution < -0.4 is 5.32 Å². The van der Waals surface area contributed by atoms with Gasteiger partial charge in [0.25, 0.3) is 0 Å². The molecule has 5 nitrogen and oxygen atoms in total. The summed E-state index contributed by atoms with van der Waals surface area (Å²) in [5, 5.41) is 19.5. The zero-order valence-corrected chi connectivity index (χ0v) is 17.3. The molecule has 1 saturated heterocycles. The minimum Gasteiger partial charge on any atom is -0.478 e. The van der Waals surface area contributed by atoms with E-state index in [4.69, 9.17) is 10.2 Å². The fourth-order valence-electron chi connectivity index (χ4n) is 5.49. The van der Waals surface area contributed by atoms with Crippen molar-refractivity contribution in [3.05, 3.63) is 12.2 Å². The van der Waals surface area contributed by atoms with Crippen LogP contribution in [0.15, 0.2) is 12.2 Å². The molecule has 160 valence electrons. The molecule has 0 aromatic heterocycles. The van der Waals surface area contributed by atoms with Crippen LogP contribution in [0.5, 0.6) is 0 Å². The van der Waals surface area contributed by atoms with Crippen LogP contribution in [-0.2, 0) is 9.59 Å². The monoisotopic (exact) mass is 393 g/mol. The maximum atomic E-state index is 9.55. The highest BCUT2D eigenvalue weighted by molar-refractivity contribution is 5.89. The van der Waals surface area contributed by atoms with Gasteiger partial charge in [-0.3, -0.25) is 0 Å². The van der Waals surface area contributed by atoms with Gasteiger partial charge in [-0.15, -0.1) is 0 Å². The van der Waals surface area contributed by atoms with Gasteiger partial charge < -0.3 is 15.5 Å². The van der Waals surface area contributed by atoms with E-state index in [1.807, 2.05) is 0 Å². The Hall–Kier alpha value is -1.36. The number of carboxylic acid groups (broad SMARTS) is 2. The largest absolute Gasteiger partial charge is 0.478 e. The van der Waals surface area contributed by atoms with E-state index in [9.17, 15) is 9.59 Å². The maximum Gasteiger partial charge on any atom is 0.328 e. The first-order chi connectivity index (χ1) is 13.6. The van der Waals surface area contributed by atoms with Gasteiger partial charge in [0.1, 0.15) is 0 Å². The number of hydrogen-bond donors (Lipinski definition) is 3. The molecule has 1 aliphatic heterocycles. The van der Waals surface area contributed by atoms with Crippen LogP contribution in [0.3, 0.4) is 0 Å². The van der Waals surface area contributed by atoms with E-state index >= 15 is 0 Å². The molecule has 0 spiro atoms. The van der Waals surface area contributed by atoms with Gasteiger partial charge in [-0.1, -0.05) is 70.6 Å². The zero-order valence-electron chi connectivity index (χ0n) is 17.3. The number of aliphatic carboxylic acids is 2. The normalized spacial score (nSPS) is 24.7. The molecule has 0 amide bonds. The van der Waals surface area contributed by atoms with E-state index in [0.29, 0.717) is 12.2 Å². The summed E-state index contributed by atoms with van der Waals surface area (Å²) in [6, 6.07) is 0.859. The second kappa shape index (κ2) is 13.0. The van der Waals surface area contributed by atoms with Gasteiger partial charge in [0.2, 0.25) is 0 Å². The lowest BCUT2D eigenvalue weighted by Crippen LogP contribution is -2.39. The highest BCUT2D eigenvalue weighted by atomic mass is 16.4. The topological polar surface area (TPSA) is 86.6 Å². The molecule has 0 radical (unpaired) electrons. The van der Waals surface area contributed by atoms with Crippen LogP contribution in [0, 0.1) is 17.8 Å². The molecule has 28 heavy (non-hydrogen) atoms. The Morgan fingerprint density at radius 2 is 1.21 bits per heavy atom. The van der Waals surface area contributed by atoms with Crippen molar-refractivity contribution in [2.75, 3.05) is 6.54 Å². The van der Waals surface area contributed by atoms with E-state index in [1.54, 1.807) is 25.7 Å². The van der Waals surface area contributed by atoms with Crippen molar-refractivity contribution in [1.29, 1.82) is 0 Å². The van der Waals surface area contributed by atoms with Crippen molar-refractivity contribution in [1.82, 2.24) is 5.32 Å². The third-order valence-corrected chi connectivity index (χ3v) is 6.85. The third kappa shape index (κ3) is 8.76. The fraction of sp³-hybridized carbons (Fsp3) is 0.826. The predicted octanol–water partition coefficient (Wildman–Crippen LogP) is 5.01. The van der Waals surface area contributed by atoms with Gasteiger partial charge >= 0.3 is 11.9 Å². The average molecular weight is 394 g/mol. The standard InChI is InChI=1S/C19H35N.C4H4O4/c1-3-9-16(10-4-1)19(17-11-5-2-6-12-17)15-18-13-7-8-14-20-18;5-3(6)1-2-4(7)8/h16-20H,1-15H2;1-2H,(H,5,6)(H,7,8)/b;2-1-. The van der Waals surface area contributed by atoms with E-state index in [-0.39, 0.29) is 0 Å². The Morgan fingerprint density at radius 1 is 0.750 bits per heavy atom. The predicted molar refractivity (Wildman–Crippen MR) is 111 cm³/mol. The van der Waals surface area contributed by atoms with Gasteiger partial charge in [-0.05, 0) is 43.6 Å². The molecule has 2 saturated carbocycles. The second-order valence-electron chi connectivity index (χ2n) is 8.85. The number of hydrogen-bond acceptors (Lipinski definition) is 3. The summed E-state index contributed by atoms with van der Waals surface area (Å²) in [5.74, 6) is 0.706. The summed E-state index contributed by atoms with van der Waals surface area (Å²) in [6.45, 7) is 1.28. The van der Waals surface area contributed by atoms with Gasteiger partial charge in [-0.2, -0.15) is 0 Å². The lowest BCUT2D eigenvalue weighted by Gasteiger charge is -2.40. The highest BCUT2D eigenvalue weighted by Gasteiger charge is 2.33. The number of nitrogens with one attached hydrogen (secondary N) is 1. The molecule has 1 atom stereocenters. The SMILES string of the molecule is C1CCC(C(CC2CCCCN2)C2CCCCC2)CC1.O=C(O)/C=C\C(=O)O. The van der Waals surface area contributed by atoms with Crippen molar-refractivity contribution in [3.63, 3.8) is 0 Å². The number of piperidine rings is 1. The molecule has 0 bridgehead atoms. The lowest BCUT2D eigenvalue weighted by atomic mass is 9.67. The van der Waals surface area contributed by atoms with E-state index < -0.39 is 11.9 Å². The Bertz CT molecular complexity index is 453. The van der Waals surface area contributed by atoms with Crippen molar-refractivity contribution in [2.24, 2.45) is 17.8 Å². The van der Waals surface area contributed by atoms with Gasteiger partial charge in [0.05, 0.1) is 0 Å². The third-order valence-electron chi connectivity index (χ3n) is 6.85. The van der Waals surface area contributed by atoms with E-state index in [0.717, 1.165) is 23.8 Å². The number of carboxylic acids is 2. The van der Waals surface area contributed by atoms with Crippen molar-refractivity contribution in [3.8, 4) is 0 Å². The van der Waals surface area contributed by atoms with Gasteiger partial charge in [0, 0.05) is 18.2 Å².